The Kier molecular flexibility index (Phi) is 6.37. The smallest absolute Gasteiger partial charge is 0.346 e. The number of fused-ring (bicyclic) bond motifs is 1. The molecule has 0 spiro atoms. The van der Waals surface area contributed by atoms with Gasteiger partial charge in [-0.2, -0.15) is 22.0 Å². The number of aryl methyl sites for hydroxylation is 1. The Hall–Kier alpha value is -3.77. The summed E-state index contributed by atoms with van der Waals surface area (Å²) in [4.78, 5) is 50.0. The van der Waals surface area contributed by atoms with E-state index in [1.54, 1.807) is 0 Å². The molecule has 2 aliphatic heterocycles. The van der Waals surface area contributed by atoms with Gasteiger partial charge in [0.25, 0.3) is 11.8 Å². The number of hydrogen-bond acceptors (Lipinski definition) is 4. The fourth-order valence-electron chi connectivity index (χ4n) is 4.36. The van der Waals surface area contributed by atoms with Crippen LogP contribution in [0.1, 0.15) is 51.0 Å². The normalized spacial score (nSPS) is 20.1. The number of amides is 4. The van der Waals surface area contributed by atoms with Gasteiger partial charge in [-0.3, -0.25) is 24.5 Å². The molecular formula is C24H19BF5N3O4. The molecule has 192 valence electrons. The minimum Gasteiger partial charge on any atom is -0.346 e. The summed E-state index contributed by atoms with van der Waals surface area (Å²) in [7, 11) is 6.15. The monoisotopic (exact) mass is 519 g/mol. The lowest BCUT2D eigenvalue weighted by molar-refractivity contribution is -0.153. The highest BCUT2D eigenvalue weighted by atomic mass is 19.4. The number of benzene rings is 2. The van der Waals surface area contributed by atoms with E-state index in [1.165, 1.54) is 25.1 Å². The summed E-state index contributed by atoms with van der Waals surface area (Å²) in [5.74, 6) is -8.31. The Morgan fingerprint density at radius 2 is 1.78 bits per heavy atom. The number of nitrogens with one attached hydrogen (secondary N) is 2. The number of imide groups is 1. The van der Waals surface area contributed by atoms with E-state index >= 15 is 0 Å². The molecule has 13 heteroatoms. The standard InChI is InChI=1S/C24H19BF5N3O4/c1-12-2-5-16(17(8-12)24(28,29)30)23(26,27)21(37)31-10-13-3-4-15-14(9-13)11-33(19(15)35)22(25)7-6-18(34)32-20(22)36/h2-5,8-9H,6-7,10-11H2,1H3,(H,31,37)(H,32,34,36)/t22-/m1/s1. The molecule has 7 nitrogen and oxygen atoms in total. The van der Waals surface area contributed by atoms with Crippen molar-refractivity contribution in [1.29, 1.82) is 0 Å². The van der Waals surface area contributed by atoms with Gasteiger partial charge in [-0.1, -0.05) is 29.8 Å². The number of carbonyl (C=O) groups excluding carboxylic acids is 4. The SMILES string of the molecule is [B][C@@]1(N2Cc3cc(CNC(=O)C(F)(F)c4ccc(C)cc4C(F)(F)F)ccc3C2=O)CCC(=O)NC1=O. The average Bonchev–Trinajstić information content (AvgIpc) is 3.15. The maximum Gasteiger partial charge on any atom is 0.416 e. The molecule has 0 saturated carbocycles. The van der Waals surface area contributed by atoms with Crippen molar-refractivity contribution in [3.8, 4) is 0 Å². The van der Waals surface area contributed by atoms with Gasteiger partial charge in [0.1, 0.15) is 7.85 Å². The van der Waals surface area contributed by atoms with E-state index in [0.717, 1.165) is 11.0 Å². The highest BCUT2D eigenvalue weighted by Gasteiger charge is 2.49. The van der Waals surface area contributed by atoms with Crippen LogP contribution < -0.4 is 10.6 Å². The van der Waals surface area contributed by atoms with Crippen molar-refractivity contribution in [2.45, 2.75) is 50.4 Å². The van der Waals surface area contributed by atoms with Crippen LogP contribution in [-0.4, -0.2) is 41.8 Å². The van der Waals surface area contributed by atoms with E-state index in [9.17, 15) is 41.1 Å². The lowest BCUT2D eigenvalue weighted by atomic mass is 9.70. The second-order valence-corrected chi connectivity index (χ2v) is 8.99. The van der Waals surface area contributed by atoms with Crippen LogP contribution in [0.5, 0.6) is 0 Å². The molecule has 2 aromatic carbocycles. The molecule has 2 N–H and O–H groups in total. The minimum absolute atomic E-state index is 0.0646. The molecule has 4 amide bonds. The molecule has 2 aliphatic rings. The fraction of sp³-hybridized carbons (Fsp3) is 0.333. The van der Waals surface area contributed by atoms with Crippen LogP contribution in [0, 0.1) is 6.92 Å². The summed E-state index contributed by atoms with van der Waals surface area (Å²) < 4.78 is 69.5. The van der Waals surface area contributed by atoms with Gasteiger partial charge in [-0.15, -0.1) is 0 Å². The molecule has 0 unspecified atom stereocenters. The Bertz CT molecular complexity index is 1330. The molecule has 2 heterocycles. The van der Waals surface area contributed by atoms with Crippen molar-refractivity contribution < 1.29 is 41.1 Å². The number of rotatable bonds is 5. The Labute approximate surface area is 208 Å². The van der Waals surface area contributed by atoms with Gasteiger partial charge >= 0.3 is 12.1 Å². The molecule has 0 aliphatic carbocycles. The van der Waals surface area contributed by atoms with E-state index in [4.69, 9.17) is 7.85 Å². The molecule has 0 aromatic heterocycles. The van der Waals surface area contributed by atoms with Gasteiger partial charge in [-0.25, -0.2) is 0 Å². The lowest BCUT2D eigenvalue weighted by Gasteiger charge is -2.40. The molecular weight excluding hydrogens is 500 g/mol. The predicted octanol–water partition coefficient (Wildman–Crippen LogP) is 2.68. The number of alkyl halides is 5. The number of halogens is 5. The molecule has 4 rings (SSSR count). The van der Waals surface area contributed by atoms with E-state index in [0.29, 0.717) is 17.7 Å². The third-order valence-corrected chi connectivity index (χ3v) is 6.39. The number of carbonyl (C=O) groups is 4. The Morgan fingerprint density at radius 1 is 1.08 bits per heavy atom. The molecule has 1 fully saturated rings. The van der Waals surface area contributed by atoms with Crippen molar-refractivity contribution in [2.24, 2.45) is 0 Å². The van der Waals surface area contributed by atoms with Crippen molar-refractivity contribution in [1.82, 2.24) is 15.5 Å². The van der Waals surface area contributed by atoms with Crippen LogP contribution >= 0.6 is 0 Å². The van der Waals surface area contributed by atoms with E-state index < -0.39 is 58.8 Å². The summed E-state index contributed by atoms with van der Waals surface area (Å²) in [6.45, 7) is 0.734. The number of nitrogens with zero attached hydrogens (tertiary/aromatic N) is 1. The van der Waals surface area contributed by atoms with Crippen molar-refractivity contribution in [3.63, 3.8) is 0 Å². The Morgan fingerprint density at radius 3 is 2.43 bits per heavy atom. The van der Waals surface area contributed by atoms with Crippen LogP contribution in [0.4, 0.5) is 22.0 Å². The molecule has 1 atom stereocenters. The van der Waals surface area contributed by atoms with Crippen LogP contribution in [-0.2, 0) is 39.6 Å². The first-order valence-electron chi connectivity index (χ1n) is 11.1. The maximum atomic E-state index is 14.8. The fourth-order valence-corrected chi connectivity index (χ4v) is 4.36. The Balaban J connectivity index is 1.50. The molecule has 37 heavy (non-hydrogen) atoms. The van der Waals surface area contributed by atoms with E-state index in [2.05, 4.69) is 5.32 Å². The molecule has 1 saturated heterocycles. The largest absolute Gasteiger partial charge is 0.416 e. The minimum atomic E-state index is -5.09. The van der Waals surface area contributed by atoms with E-state index in [-0.39, 0.29) is 36.1 Å². The molecule has 0 bridgehead atoms. The van der Waals surface area contributed by atoms with Gasteiger partial charge in [0.2, 0.25) is 11.8 Å². The second kappa shape index (κ2) is 8.96. The van der Waals surface area contributed by atoms with E-state index in [1.807, 2.05) is 5.32 Å². The first kappa shape index (κ1) is 26.3. The lowest BCUT2D eigenvalue weighted by Crippen LogP contribution is -2.63. The summed E-state index contributed by atoms with van der Waals surface area (Å²) in [6.07, 6.45) is -5.24. The van der Waals surface area contributed by atoms with Crippen LogP contribution in [0.2, 0.25) is 0 Å². The van der Waals surface area contributed by atoms with Crippen molar-refractivity contribution >= 4 is 31.5 Å². The van der Waals surface area contributed by atoms with Gasteiger partial charge in [0.15, 0.2) is 0 Å². The van der Waals surface area contributed by atoms with Crippen LogP contribution in [0.3, 0.4) is 0 Å². The van der Waals surface area contributed by atoms with Gasteiger partial charge in [0, 0.05) is 30.6 Å². The first-order chi connectivity index (χ1) is 17.1. The molecule has 2 radical (unpaired) electrons. The summed E-state index contributed by atoms with van der Waals surface area (Å²) in [6, 6.07) is 6.36. The maximum absolute atomic E-state index is 14.8. The number of piperidine rings is 1. The highest BCUT2D eigenvalue weighted by Crippen LogP contribution is 2.40. The van der Waals surface area contributed by atoms with Gasteiger partial charge in [0.05, 0.1) is 11.0 Å². The zero-order chi connectivity index (χ0) is 27.3. The van der Waals surface area contributed by atoms with Gasteiger partial charge < -0.3 is 10.2 Å². The first-order valence-corrected chi connectivity index (χ1v) is 11.1. The summed E-state index contributed by atoms with van der Waals surface area (Å²) in [5, 5.41) is 4.04. The molecule has 2 aromatic rings. The van der Waals surface area contributed by atoms with Gasteiger partial charge in [-0.05, 0) is 36.6 Å². The summed E-state index contributed by atoms with van der Waals surface area (Å²) >= 11 is 0. The number of hydrogen-bond donors (Lipinski definition) is 2. The highest BCUT2D eigenvalue weighted by molar-refractivity contribution is 6.32. The van der Waals surface area contributed by atoms with Crippen molar-refractivity contribution in [3.05, 3.63) is 69.8 Å². The third kappa shape index (κ3) is 4.69. The average molecular weight is 519 g/mol. The zero-order valence-corrected chi connectivity index (χ0v) is 19.3. The zero-order valence-electron chi connectivity index (χ0n) is 19.3. The quantitative estimate of drug-likeness (QED) is 0.361. The van der Waals surface area contributed by atoms with Crippen LogP contribution in [0.15, 0.2) is 36.4 Å². The predicted molar refractivity (Wildman–Crippen MR) is 119 cm³/mol. The van der Waals surface area contributed by atoms with Crippen molar-refractivity contribution in [2.75, 3.05) is 0 Å². The second-order valence-electron chi connectivity index (χ2n) is 8.99. The van der Waals surface area contributed by atoms with Crippen LogP contribution in [0.25, 0.3) is 0 Å². The summed E-state index contributed by atoms with van der Waals surface area (Å²) in [5.41, 5.74) is -3.84. The topological polar surface area (TPSA) is 95.6 Å². The third-order valence-electron chi connectivity index (χ3n) is 6.39.